The van der Waals surface area contributed by atoms with Gasteiger partial charge in [-0.2, -0.15) is 0 Å². The number of anilines is 1. The SMILES string of the molecule is Cc1ccc(N(C)CCNC(=O)c2ccc(C)cc2C)cc1. The number of carbonyl (C=O) groups excluding carboxylic acids is 1. The molecule has 3 nitrogen and oxygen atoms in total. The van der Waals surface area contributed by atoms with Crippen LogP contribution in [0.1, 0.15) is 27.0 Å². The van der Waals surface area contributed by atoms with E-state index in [2.05, 4.69) is 41.4 Å². The summed E-state index contributed by atoms with van der Waals surface area (Å²) in [4.78, 5) is 14.4. The lowest BCUT2D eigenvalue weighted by Gasteiger charge is -2.20. The van der Waals surface area contributed by atoms with Crippen LogP contribution in [0.5, 0.6) is 0 Å². The average molecular weight is 296 g/mol. The molecule has 3 heteroatoms. The standard InChI is InChI=1S/C19H24N2O/c1-14-5-8-17(9-6-14)21(4)12-11-20-19(22)18-10-7-15(2)13-16(18)3/h5-10,13H,11-12H2,1-4H3,(H,20,22). The number of likely N-dealkylation sites (N-methyl/N-ethyl adjacent to an activating group) is 1. The second kappa shape index (κ2) is 7.12. The lowest BCUT2D eigenvalue weighted by Crippen LogP contribution is -2.33. The van der Waals surface area contributed by atoms with Gasteiger partial charge < -0.3 is 10.2 Å². The van der Waals surface area contributed by atoms with Gasteiger partial charge in [-0.05, 0) is 44.5 Å². The van der Waals surface area contributed by atoms with Crippen LogP contribution in [0, 0.1) is 20.8 Å². The largest absolute Gasteiger partial charge is 0.373 e. The van der Waals surface area contributed by atoms with Crippen molar-refractivity contribution in [2.75, 3.05) is 25.0 Å². The molecule has 0 aliphatic rings. The summed E-state index contributed by atoms with van der Waals surface area (Å²) in [6.45, 7) is 7.48. The van der Waals surface area contributed by atoms with Crippen molar-refractivity contribution in [1.82, 2.24) is 5.32 Å². The zero-order valence-corrected chi connectivity index (χ0v) is 13.8. The summed E-state index contributed by atoms with van der Waals surface area (Å²) in [5, 5.41) is 2.99. The maximum absolute atomic E-state index is 12.2. The van der Waals surface area contributed by atoms with E-state index in [4.69, 9.17) is 0 Å². The highest BCUT2D eigenvalue weighted by Gasteiger charge is 2.08. The Kier molecular flexibility index (Phi) is 5.21. The van der Waals surface area contributed by atoms with Gasteiger partial charge in [0, 0.05) is 31.4 Å². The van der Waals surface area contributed by atoms with Gasteiger partial charge in [-0.3, -0.25) is 4.79 Å². The Morgan fingerprint density at radius 1 is 1.00 bits per heavy atom. The average Bonchev–Trinajstić information content (AvgIpc) is 2.47. The Morgan fingerprint density at radius 3 is 2.27 bits per heavy atom. The molecule has 0 fully saturated rings. The van der Waals surface area contributed by atoms with Gasteiger partial charge in [0.05, 0.1) is 0 Å². The molecule has 0 heterocycles. The molecule has 0 aliphatic carbocycles. The van der Waals surface area contributed by atoms with Crippen molar-refractivity contribution >= 4 is 11.6 Å². The molecule has 116 valence electrons. The summed E-state index contributed by atoms with van der Waals surface area (Å²) in [7, 11) is 2.04. The fraction of sp³-hybridized carbons (Fsp3) is 0.316. The topological polar surface area (TPSA) is 32.3 Å². The third kappa shape index (κ3) is 4.10. The molecule has 0 radical (unpaired) electrons. The maximum atomic E-state index is 12.2. The van der Waals surface area contributed by atoms with Gasteiger partial charge in [0.2, 0.25) is 0 Å². The lowest BCUT2D eigenvalue weighted by atomic mass is 10.1. The summed E-state index contributed by atoms with van der Waals surface area (Å²) >= 11 is 0. The van der Waals surface area contributed by atoms with Gasteiger partial charge in [0.15, 0.2) is 0 Å². The minimum atomic E-state index is -0.00481. The molecule has 1 amide bonds. The van der Waals surface area contributed by atoms with Crippen LogP contribution in [0.2, 0.25) is 0 Å². The van der Waals surface area contributed by atoms with Crippen LogP contribution in [-0.2, 0) is 0 Å². The van der Waals surface area contributed by atoms with Gasteiger partial charge in [-0.15, -0.1) is 0 Å². The monoisotopic (exact) mass is 296 g/mol. The molecule has 0 aliphatic heterocycles. The fourth-order valence-electron chi connectivity index (χ4n) is 2.43. The van der Waals surface area contributed by atoms with Crippen LogP contribution >= 0.6 is 0 Å². The molecule has 0 unspecified atom stereocenters. The number of benzene rings is 2. The Morgan fingerprint density at radius 2 is 1.64 bits per heavy atom. The molecule has 0 saturated carbocycles. The first-order valence-electron chi connectivity index (χ1n) is 7.60. The van der Waals surface area contributed by atoms with E-state index < -0.39 is 0 Å². The molecular formula is C19H24N2O. The second-order valence-corrected chi connectivity index (χ2v) is 5.83. The zero-order valence-electron chi connectivity index (χ0n) is 13.8. The predicted molar refractivity (Wildman–Crippen MR) is 92.7 cm³/mol. The van der Waals surface area contributed by atoms with Crippen LogP contribution in [0.25, 0.3) is 0 Å². The van der Waals surface area contributed by atoms with E-state index in [-0.39, 0.29) is 5.91 Å². The Labute approximate surface area is 133 Å². The van der Waals surface area contributed by atoms with Gasteiger partial charge in [-0.1, -0.05) is 35.4 Å². The van der Waals surface area contributed by atoms with E-state index in [1.54, 1.807) is 0 Å². The molecule has 2 aromatic carbocycles. The van der Waals surface area contributed by atoms with Gasteiger partial charge in [0.1, 0.15) is 0 Å². The van der Waals surface area contributed by atoms with Crippen LogP contribution in [0.15, 0.2) is 42.5 Å². The van der Waals surface area contributed by atoms with Crippen molar-refractivity contribution < 1.29 is 4.79 Å². The molecule has 0 saturated heterocycles. The first-order valence-corrected chi connectivity index (χ1v) is 7.60. The van der Waals surface area contributed by atoms with Gasteiger partial charge >= 0.3 is 0 Å². The highest BCUT2D eigenvalue weighted by Crippen LogP contribution is 2.13. The second-order valence-electron chi connectivity index (χ2n) is 5.83. The summed E-state index contributed by atoms with van der Waals surface area (Å²) in [6.07, 6.45) is 0. The number of carbonyl (C=O) groups is 1. The minimum absolute atomic E-state index is 0.00481. The first kappa shape index (κ1) is 16.1. The van der Waals surface area contributed by atoms with E-state index in [1.807, 2.05) is 39.1 Å². The van der Waals surface area contributed by atoms with Crippen molar-refractivity contribution in [2.24, 2.45) is 0 Å². The number of hydrogen-bond donors (Lipinski definition) is 1. The fourth-order valence-corrected chi connectivity index (χ4v) is 2.43. The predicted octanol–water partition coefficient (Wildman–Crippen LogP) is 3.48. The Bertz CT molecular complexity index is 647. The highest BCUT2D eigenvalue weighted by atomic mass is 16.1. The zero-order chi connectivity index (χ0) is 16.1. The van der Waals surface area contributed by atoms with Crippen molar-refractivity contribution in [2.45, 2.75) is 20.8 Å². The van der Waals surface area contributed by atoms with Crippen LogP contribution in [-0.4, -0.2) is 26.0 Å². The van der Waals surface area contributed by atoms with E-state index >= 15 is 0 Å². The third-order valence-corrected chi connectivity index (χ3v) is 3.83. The number of nitrogens with zero attached hydrogens (tertiary/aromatic N) is 1. The normalized spacial score (nSPS) is 10.4. The quantitative estimate of drug-likeness (QED) is 0.916. The Hall–Kier alpha value is -2.29. The number of rotatable bonds is 5. The van der Waals surface area contributed by atoms with E-state index in [1.165, 1.54) is 11.1 Å². The van der Waals surface area contributed by atoms with Gasteiger partial charge in [0.25, 0.3) is 5.91 Å². The first-order chi connectivity index (χ1) is 10.5. The number of nitrogens with one attached hydrogen (secondary N) is 1. The van der Waals surface area contributed by atoms with Crippen molar-refractivity contribution in [3.05, 3.63) is 64.7 Å². The summed E-state index contributed by atoms with van der Waals surface area (Å²) in [5.74, 6) is -0.00481. The highest BCUT2D eigenvalue weighted by molar-refractivity contribution is 5.95. The van der Waals surface area contributed by atoms with Crippen LogP contribution in [0.3, 0.4) is 0 Å². The number of amides is 1. The molecule has 2 rings (SSSR count). The molecule has 0 spiro atoms. The Balaban J connectivity index is 1.87. The minimum Gasteiger partial charge on any atom is -0.373 e. The molecule has 0 bridgehead atoms. The van der Waals surface area contributed by atoms with Crippen molar-refractivity contribution in [3.8, 4) is 0 Å². The molecule has 0 atom stereocenters. The van der Waals surface area contributed by atoms with E-state index in [9.17, 15) is 4.79 Å². The molecule has 1 N–H and O–H groups in total. The van der Waals surface area contributed by atoms with Crippen molar-refractivity contribution in [1.29, 1.82) is 0 Å². The van der Waals surface area contributed by atoms with Crippen LogP contribution in [0.4, 0.5) is 5.69 Å². The summed E-state index contributed by atoms with van der Waals surface area (Å²) in [5.41, 5.74) is 5.35. The molecule has 22 heavy (non-hydrogen) atoms. The van der Waals surface area contributed by atoms with Gasteiger partial charge in [-0.25, -0.2) is 0 Å². The third-order valence-electron chi connectivity index (χ3n) is 3.83. The summed E-state index contributed by atoms with van der Waals surface area (Å²) < 4.78 is 0. The van der Waals surface area contributed by atoms with Crippen LogP contribution < -0.4 is 10.2 Å². The molecular weight excluding hydrogens is 272 g/mol. The molecule has 0 aromatic heterocycles. The number of hydrogen-bond acceptors (Lipinski definition) is 2. The van der Waals surface area contributed by atoms with Crippen molar-refractivity contribution in [3.63, 3.8) is 0 Å². The smallest absolute Gasteiger partial charge is 0.251 e. The number of aryl methyl sites for hydroxylation is 3. The van der Waals surface area contributed by atoms with E-state index in [0.717, 1.165) is 23.4 Å². The molecule has 2 aromatic rings. The summed E-state index contributed by atoms with van der Waals surface area (Å²) in [6, 6.07) is 14.3. The maximum Gasteiger partial charge on any atom is 0.251 e. The lowest BCUT2D eigenvalue weighted by molar-refractivity contribution is 0.0954. The van der Waals surface area contributed by atoms with E-state index in [0.29, 0.717) is 6.54 Å².